The van der Waals surface area contributed by atoms with Crippen LogP contribution in [0.15, 0.2) is 34.9 Å². The fraction of sp³-hybridized carbons (Fsp3) is 0.167. The van der Waals surface area contributed by atoms with Crippen molar-refractivity contribution in [1.82, 2.24) is 9.78 Å². The summed E-state index contributed by atoms with van der Waals surface area (Å²) in [6.45, 7) is 1.85. The van der Waals surface area contributed by atoms with Gasteiger partial charge in [-0.1, -0.05) is 12.1 Å². The second-order valence-electron chi connectivity index (χ2n) is 3.43. The van der Waals surface area contributed by atoms with Crippen LogP contribution < -0.4 is 0 Å². The van der Waals surface area contributed by atoms with Gasteiger partial charge in [0.05, 0.1) is 18.5 Å². The minimum atomic E-state index is -0.736. The summed E-state index contributed by atoms with van der Waals surface area (Å²) in [7, 11) is 0. The first kappa shape index (κ1) is 12.8. The highest BCUT2D eigenvalue weighted by Crippen LogP contribution is 2.22. The number of aromatic nitrogens is 2. The number of nitrogens with zero attached hydrogens (tertiary/aromatic N) is 2. The summed E-state index contributed by atoms with van der Waals surface area (Å²) in [5.41, 5.74) is 0.346. The Labute approximate surface area is 111 Å². The third kappa shape index (κ3) is 2.28. The second-order valence-corrected chi connectivity index (χ2v) is 4.29. The maximum absolute atomic E-state index is 14.1. The number of para-hydroxylation sites is 1. The Morgan fingerprint density at radius 3 is 2.89 bits per heavy atom. The van der Waals surface area contributed by atoms with Crippen molar-refractivity contribution in [3.63, 3.8) is 0 Å². The lowest BCUT2D eigenvalue weighted by Crippen LogP contribution is -2.08. The van der Waals surface area contributed by atoms with E-state index in [1.807, 2.05) is 0 Å². The van der Waals surface area contributed by atoms with Crippen molar-refractivity contribution < 1.29 is 13.9 Å². The number of esters is 1. The monoisotopic (exact) mass is 312 g/mol. The van der Waals surface area contributed by atoms with E-state index in [1.54, 1.807) is 31.2 Å². The zero-order valence-electron chi connectivity index (χ0n) is 9.56. The summed E-state index contributed by atoms with van der Waals surface area (Å²) in [6.07, 6.45) is 1.16. The van der Waals surface area contributed by atoms with Crippen molar-refractivity contribution in [2.45, 2.75) is 6.92 Å². The molecule has 94 valence electrons. The highest BCUT2D eigenvalue weighted by atomic mass is 79.9. The normalized spacial score (nSPS) is 10.4. The molecular weight excluding hydrogens is 303 g/mol. The Morgan fingerprint density at radius 1 is 1.50 bits per heavy atom. The van der Waals surface area contributed by atoms with Gasteiger partial charge in [-0.3, -0.25) is 0 Å². The Bertz CT molecular complexity index is 583. The standard InChI is InChI=1S/C12H10BrFN2O2/c1-2-18-12(17)8-7-15-16(11(8)14)10-6-4-3-5-9(10)13/h3-7H,2H2,1H3. The van der Waals surface area contributed by atoms with Crippen LogP contribution in [-0.4, -0.2) is 22.4 Å². The van der Waals surface area contributed by atoms with E-state index in [9.17, 15) is 9.18 Å². The van der Waals surface area contributed by atoms with Crippen LogP contribution in [0.1, 0.15) is 17.3 Å². The molecule has 0 aliphatic carbocycles. The molecule has 1 aromatic carbocycles. The smallest absolute Gasteiger partial charge is 0.344 e. The molecule has 0 fully saturated rings. The predicted octanol–water partition coefficient (Wildman–Crippen LogP) is 2.95. The largest absolute Gasteiger partial charge is 0.462 e. The zero-order chi connectivity index (χ0) is 13.1. The molecule has 2 rings (SSSR count). The van der Waals surface area contributed by atoms with Gasteiger partial charge in [0.25, 0.3) is 0 Å². The van der Waals surface area contributed by atoms with Gasteiger partial charge in [-0.25, -0.2) is 9.48 Å². The maximum Gasteiger partial charge on any atom is 0.344 e. The molecule has 0 unspecified atom stereocenters. The molecule has 0 atom stereocenters. The van der Waals surface area contributed by atoms with Gasteiger partial charge in [0, 0.05) is 4.47 Å². The van der Waals surface area contributed by atoms with Crippen molar-refractivity contribution in [1.29, 1.82) is 0 Å². The third-order valence-corrected chi connectivity index (χ3v) is 2.96. The minimum Gasteiger partial charge on any atom is -0.462 e. The van der Waals surface area contributed by atoms with E-state index in [1.165, 1.54) is 0 Å². The molecular formula is C12H10BrFN2O2. The summed E-state index contributed by atoms with van der Waals surface area (Å²) >= 11 is 3.30. The molecule has 1 aromatic heterocycles. The van der Waals surface area contributed by atoms with Crippen molar-refractivity contribution >= 4 is 21.9 Å². The van der Waals surface area contributed by atoms with Crippen molar-refractivity contribution in [2.75, 3.05) is 6.61 Å². The third-order valence-electron chi connectivity index (χ3n) is 2.29. The van der Waals surface area contributed by atoms with Crippen LogP contribution in [0.4, 0.5) is 4.39 Å². The van der Waals surface area contributed by atoms with Gasteiger partial charge in [0.2, 0.25) is 5.95 Å². The molecule has 0 N–H and O–H groups in total. The zero-order valence-corrected chi connectivity index (χ0v) is 11.1. The van der Waals surface area contributed by atoms with E-state index < -0.39 is 11.9 Å². The molecule has 6 heteroatoms. The molecule has 0 aliphatic heterocycles. The fourth-order valence-corrected chi connectivity index (χ4v) is 1.92. The number of carbonyl (C=O) groups excluding carboxylic acids is 1. The highest BCUT2D eigenvalue weighted by Gasteiger charge is 2.20. The Hall–Kier alpha value is -1.69. The molecule has 0 saturated carbocycles. The molecule has 1 heterocycles. The van der Waals surface area contributed by atoms with Gasteiger partial charge < -0.3 is 4.74 Å². The first-order valence-corrected chi connectivity index (χ1v) is 6.10. The van der Waals surface area contributed by atoms with E-state index in [0.717, 1.165) is 10.9 Å². The van der Waals surface area contributed by atoms with Gasteiger partial charge in [-0.15, -0.1) is 0 Å². The van der Waals surface area contributed by atoms with Gasteiger partial charge in [0.15, 0.2) is 0 Å². The van der Waals surface area contributed by atoms with E-state index in [4.69, 9.17) is 4.74 Å². The molecule has 0 amide bonds. The number of hydrogen-bond acceptors (Lipinski definition) is 3. The quantitative estimate of drug-likeness (QED) is 0.818. The van der Waals surface area contributed by atoms with Crippen LogP contribution >= 0.6 is 15.9 Å². The van der Waals surface area contributed by atoms with E-state index >= 15 is 0 Å². The second kappa shape index (κ2) is 5.30. The summed E-state index contributed by atoms with van der Waals surface area (Å²) in [5, 5.41) is 3.86. The Balaban J connectivity index is 2.43. The number of halogens is 2. The number of ether oxygens (including phenoxy) is 1. The lowest BCUT2D eigenvalue weighted by Gasteiger charge is -2.04. The van der Waals surface area contributed by atoms with Crippen molar-refractivity contribution in [3.8, 4) is 5.69 Å². The van der Waals surface area contributed by atoms with E-state index in [0.29, 0.717) is 10.2 Å². The minimum absolute atomic E-state index is 0.174. The average Bonchev–Trinajstić information content (AvgIpc) is 2.72. The summed E-state index contributed by atoms with van der Waals surface area (Å²) in [6, 6.07) is 7.02. The average molecular weight is 313 g/mol. The topological polar surface area (TPSA) is 44.1 Å². The molecule has 0 radical (unpaired) electrons. The van der Waals surface area contributed by atoms with Gasteiger partial charge in [-0.2, -0.15) is 9.49 Å². The molecule has 2 aromatic rings. The fourth-order valence-electron chi connectivity index (χ4n) is 1.47. The van der Waals surface area contributed by atoms with Gasteiger partial charge >= 0.3 is 5.97 Å². The van der Waals surface area contributed by atoms with Crippen LogP contribution in [0.25, 0.3) is 5.69 Å². The summed E-state index contributed by atoms with van der Waals surface area (Å²) in [4.78, 5) is 11.5. The summed E-state index contributed by atoms with van der Waals surface area (Å²) < 4.78 is 20.5. The lowest BCUT2D eigenvalue weighted by molar-refractivity contribution is 0.0520. The van der Waals surface area contributed by atoms with Crippen molar-refractivity contribution in [3.05, 3.63) is 46.4 Å². The molecule has 0 aliphatic rings. The summed E-state index contributed by atoms with van der Waals surface area (Å²) in [5.74, 6) is -1.45. The number of carbonyl (C=O) groups is 1. The Kier molecular flexibility index (Phi) is 3.76. The van der Waals surface area contributed by atoms with Gasteiger partial charge in [-0.05, 0) is 35.0 Å². The van der Waals surface area contributed by atoms with Crippen molar-refractivity contribution in [2.24, 2.45) is 0 Å². The number of hydrogen-bond donors (Lipinski definition) is 0. The SMILES string of the molecule is CCOC(=O)c1cnn(-c2ccccc2Br)c1F. The van der Waals surface area contributed by atoms with Crippen LogP contribution in [-0.2, 0) is 4.74 Å². The lowest BCUT2D eigenvalue weighted by atomic mass is 10.3. The van der Waals surface area contributed by atoms with Crippen LogP contribution in [0, 0.1) is 5.95 Å². The molecule has 0 bridgehead atoms. The first-order chi connectivity index (χ1) is 8.65. The maximum atomic E-state index is 14.1. The Morgan fingerprint density at radius 2 is 2.22 bits per heavy atom. The molecule has 4 nitrogen and oxygen atoms in total. The molecule has 0 saturated heterocycles. The van der Waals surface area contributed by atoms with Gasteiger partial charge in [0.1, 0.15) is 5.56 Å². The van der Waals surface area contributed by atoms with E-state index in [-0.39, 0.29) is 12.2 Å². The van der Waals surface area contributed by atoms with E-state index in [2.05, 4.69) is 21.0 Å². The van der Waals surface area contributed by atoms with Crippen LogP contribution in [0.3, 0.4) is 0 Å². The number of benzene rings is 1. The highest BCUT2D eigenvalue weighted by molar-refractivity contribution is 9.10. The first-order valence-electron chi connectivity index (χ1n) is 5.30. The van der Waals surface area contributed by atoms with Crippen LogP contribution in [0.2, 0.25) is 0 Å². The van der Waals surface area contributed by atoms with Crippen LogP contribution in [0.5, 0.6) is 0 Å². The number of rotatable bonds is 3. The molecule has 18 heavy (non-hydrogen) atoms. The molecule has 0 spiro atoms. The predicted molar refractivity (Wildman–Crippen MR) is 67.2 cm³/mol.